The van der Waals surface area contributed by atoms with Crippen LogP contribution in [0.15, 0.2) is 24.3 Å². The molecule has 72 valence electrons. The van der Waals surface area contributed by atoms with Crippen LogP contribution in [-0.4, -0.2) is 9.79 Å². The molecule has 0 aromatic heterocycles. The summed E-state index contributed by atoms with van der Waals surface area (Å²) in [6, 6.07) is 6.69. The van der Waals surface area contributed by atoms with Gasteiger partial charge in [0, 0.05) is 0 Å². The monoisotopic (exact) mass is 202 g/mol. The molecule has 0 radical (unpaired) electrons. The number of phosphoric ester groups is 1. The van der Waals surface area contributed by atoms with Gasteiger partial charge >= 0.3 is 7.82 Å². The quantitative estimate of drug-likeness (QED) is 0.732. The number of phosphoric acid groups is 1. The highest BCUT2D eigenvalue weighted by Crippen LogP contribution is 2.37. The SMILES string of the molecule is CCc1cccc(OP(=O)(O)O)c1. The van der Waals surface area contributed by atoms with Crippen molar-refractivity contribution in [3.63, 3.8) is 0 Å². The lowest BCUT2D eigenvalue weighted by atomic mass is 10.2. The maximum absolute atomic E-state index is 10.5. The first kappa shape index (κ1) is 10.3. The first-order valence-electron chi connectivity index (χ1n) is 3.85. The molecule has 0 amide bonds. The first-order valence-corrected chi connectivity index (χ1v) is 5.38. The van der Waals surface area contributed by atoms with Crippen LogP contribution in [0.25, 0.3) is 0 Å². The highest BCUT2D eigenvalue weighted by Gasteiger charge is 2.15. The van der Waals surface area contributed by atoms with Crippen LogP contribution < -0.4 is 4.52 Å². The van der Waals surface area contributed by atoms with E-state index in [1.807, 2.05) is 13.0 Å². The summed E-state index contributed by atoms with van der Waals surface area (Å²) in [7, 11) is -4.42. The van der Waals surface area contributed by atoms with Crippen molar-refractivity contribution in [2.75, 3.05) is 0 Å². The van der Waals surface area contributed by atoms with Crippen LogP contribution in [0.3, 0.4) is 0 Å². The maximum atomic E-state index is 10.5. The van der Waals surface area contributed by atoms with E-state index in [-0.39, 0.29) is 5.75 Å². The Morgan fingerprint density at radius 2 is 2.15 bits per heavy atom. The van der Waals surface area contributed by atoms with Gasteiger partial charge in [0.1, 0.15) is 5.75 Å². The molecule has 0 aliphatic heterocycles. The molecule has 0 aliphatic carbocycles. The standard InChI is InChI=1S/C8H11O4P/c1-2-7-4-3-5-8(6-7)12-13(9,10)11/h3-6H,2H2,1H3,(H2,9,10,11). The maximum Gasteiger partial charge on any atom is 0.524 e. The molecule has 2 N–H and O–H groups in total. The zero-order valence-corrected chi connectivity index (χ0v) is 8.07. The van der Waals surface area contributed by atoms with Crippen LogP contribution in [0.5, 0.6) is 5.75 Å². The van der Waals surface area contributed by atoms with Gasteiger partial charge in [0.25, 0.3) is 0 Å². The molecule has 13 heavy (non-hydrogen) atoms. The lowest BCUT2D eigenvalue weighted by Crippen LogP contribution is -1.90. The molecule has 0 saturated carbocycles. The Kier molecular flexibility index (Phi) is 3.09. The molecule has 0 atom stereocenters. The van der Waals surface area contributed by atoms with Crippen molar-refractivity contribution in [2.24, 2.45) is 0 Å². The molecule has 0 fully saturated rings. The van der Waals surface area contributed by atoms with Gasteiger partial charge < -0.3 is 4.52 Å². The summed E-state index contributed by atoms with van der Waals surface area (Å²) in [5.74, 6) is 0.202. The van der Waals surface area contributed by atoms with E-state index in [1.165, 1.54) is 6.07 Å². The molecule has 5 heteroatoms. The number of rotatable bonds is 3. The highest BCUT2D eigenvalue weighted by molar-refractivity contribution is 7.46. The molecular formula is C8H11O4P. The van der Waals surface area contributed by atoms with Crippen molar-refractivity contribution >= 4 is 7.82 Å². The second kappa shape index (κ2) is 3.92. The number of hydrogen-bond donors (Lipinski definition) is 2. The summed E-state index contributed by atoms with van der Waals surface area (Å²) in [5, 5.41) is 0. The average molecular weight is 202 g/mol. The minimum absolute atomic E-state index is 0.202. The fourth-order valence-corrected chi connectivity index (χ4v) is 1.35. The van der Waals surface area contributed by atoms with Gasteiger partial charge in [0.05, 0.1) is 0 Å². The van der Waals surface area contributed by atoms with E-state index in [9.17, 15) is 4.57 Å². The van der Waals surface area contributed by atoms with Crippen molar-refractivity contribution in [2.45, 2.75) is 13.3 Å². The van der Waals surface area contributed by atoms with E-state index in [1.54, 1.807) is 12.1 Å². The van der Waals surface area contributed by atoms with Crippen molar-refractivity contribution in [3.05, 3.63) is 29.8 Å². The average Bonchev–Trinajstić information content (AvgIpc) is 2.01. The first-order chi connectivity index (χ1) is 6.01. The lowest BCUT2D eigenvalue weighted by Gasteiger charge is -2.07. The normalized spacial score (nSPS) is 11.3. The highest BCUT2D eigenvalue weighted by atomic mass is 31.2. The van der Waals surface area contributed by atoms with Crippen molar-refractivity contribution < 1.29 is 18.9 Å². The molecule has 0 saturated heterocycles. The van der Waals surface area contributed by atoms with Gasteiger partial charge in [-0.1, -0.05) is 19.1 Å². The van der Waals surface area contributed by atoms with E-state index < -0.39 is 7.82 Å². The largest absolute Gasteiger partial charge is 0.524 e. The molecule has 0 spiro atoms. The second-order valence-electron chi connectivity index (χ2n) is 2.58. The fraction of sp³-hybridized carbons (Fsp3) is 0.250. The lowest BCUT2D eigenvalue weighted by molar-refractivity contribution is 0.283. The van der Waals surface area contributed by atoms with Gasteiger partial charge in [-0.25, -0.2) is 4.57 Å². The Balaban J connectivity index is 2.84. The van der Waals surface area contributed by atoms with E-state index in [0.717, 1.165) is 12.0 Å². The third-order valence-corrected chi connectivity index (χ3v) is 1.98. The van der Waals surface area contributed by atoms with Crippen LogP contribution in [0, 0.1) is 0 Å². The zero-order chi connectivity index (χ0) is 9.90. The van der Waals surface area contributed by atoms with Crippen LogP contribution in [0.1, 0.15) is 12.5 Å². The minimum atomic E-state index is -4.42. The predicted octanol–water partition coefficient (Wildman–Crippen LogP) is 1.72. The molecular weight excluding hydrogens is 191 g/mol. The molecule has 1 aromatic carbocycles. The molecule has 0 bridgehead atoms. The van der Waals surface area contributed by atoms with Crippen molar-refractivity contribution in [1.82, 2.24) is 0 Å². The van der Waals surface area contributed by atoms with E-state index in [4.69, 9.17) is 9.79 Å². The van der Waals surface area contributed by atoms with Gasteiger partial charge in [-0.2, -0.15) is 0 Å². The Hall–Kier alpha value is -0.830. The predicted molar refractivity (Wildman–Crippen MR) is 48.5 cm³/mol. The summed E-state index contributed by atoms with van der Waals surface area (Å²) < 4.78 is 14.9. The van der Waals surface area contributed by atoms with Crippen LogP contribution in [0.2, 0.25) is 0 Å². The number of benzene rings is 1. The van der Waals surface area contributed by atoms with Gasteiger partial charge in [0.15, 0.2) is 0 Å². The Morgan fingerprint density at radius 3 is 2.69 bits per heavy atom. The summed E-state index contributed by atoms with van der Waals surface area (Å²) >= 11 is 0. The summed E-state index contributed by atoms with van der Waals surface area (Å²) in [4.78, 5) is 17.0. The fourth-order valence-electron chi connectivity index (χ4n) is 0.960. The topological polar surface area (TPSA) is 66.8 Å². The molecule has 0 unspecified atom stereocenters. The second-order valence-corrected chi connectivity index (χ2v) is 3.75. The number of aryl methyl sites for hydroxylation is 1. The number of hydrogen-bond acceptors (Lipinski definition) is 2. The third-order valence-electron chi connectivity index (χ3n) is 1.53. The third kappa shape index (κ3) is 3.59. The molecule has 4 nitrogen and oxygen atoms in total. The molecule has 0 heterocycles. The smallest absolute Gasteiger partial charge is 0.404 e. The molecule has 1 aromatic rings. The van der Waals surface area contributed by atoms with Gasteiger partial charge in [-0.3, -0.25) is 9.79 Å². The van der Waals surface area contributed by atoms with E-state index in [0.29, 0.717) is 0 Å². The Morgan fingerprint density at radius 1 is 1.46 bits per heavy atom. The van der Waals surface area contributed by atoms with Crippen molar-refractivity contribution in [3.8, 4) is 5.75 Å². The van der Waals surface area contributed by atoms with Crippen LogP contribution in [-0.2, 0) is 11.0 Å². The van der Waals surface area contributed by atoms with Gasteiger partial charge in [-0.15, -0.1) is 0 Å². The van der Waals surface area contributed by atoms with Gasteiger partial charge in [0.2, 0.25) is 0 Å². The van der Waals surface area contributed by atoms with E-state index in [2.05, 4.69) is 4.52 Å². The molecule has 1 rings (SSSR count). The zero-order valence-electron chi connectivity index (χ0n) is 7.17. The molecule has 0 aliphatic rings. The van der Waals surface area contributed by atoms with Crippen LogP contribution in [0.4, 0.5) is 0 Å². The summed E-state index contributed by atoms with van der Waals surface area (Å²) in [5.41, 5.74) is 0.978. The minimum Gasteiger partial charge on any atom is -0.404 e. The van der Waals surface area contributed by atoms with Gasteiger partial charge in [-0.05, 0) is 24.1 Å². The Bertz CT molecular complexity index is 331. The summed E-state index contributed by atoms with van der Waals surface area (Å²) in [6.07, 6.45) is 0.804. The Labute approximate surface area is 76.4 Å². The van der Waals surface area contributed by atoms with Crippen LogP contribution >= 0.6 is 7.82 Å². The van der Waals surface area contributed by atoms with E-state index >= 15 is 0 Å². The van der Waals surface area contributed by atoms with Crippen molar-refractivity contribution in [1.29, 1.82) is 0 Å². The summed E-state index contributed by atoms with van der Waals surface area (Å²) in [6.45, 7) is 1.95.